The van der Waals surface area contributed by atoms with Gasteiger partial charge in [-0.15, -0.1) is 0 Å². The summed E-state index contributed by atoms with van der Waals surface area (Å²) in [5, 5.41) is 0. The zero-order valence-electron chi connectivity index (χ0n) is 7.03. The maximum atomic E-state index is 11.8. The van der Waals surface area contributed by atoms with Crippen LogP contribution in [-0.4, -0.2) is 25.4 Å². The molecule has 0 rings (SSSR count). The first kappa shape index (κ1) is 11.7. The molecule has 2 N–H and O–H groups in total. The molecule has 0 aliphatic heterocycles. The van der Waals surface area contributed by atoms with Gasteiger partial charge in [-0.25, -0.2) is 0 Å². The Morgan fingerprint density at radius 2 is 2.00 bits per heavy atom. The van der Waals surface area contributed by atoms with Gasteiger partial charge in [0.25, 0.3) is 0 Å². The first-order valence-electron chi connectivity index (χ1n) is 3.88. The highest BCUT2D eigenvalue weighted by Crippen LogP contribution is 2.23. The van der Waals surface area contributed by atoms with Crippen molar-refractivity contribution in [3.63, 3.8) is 0 Å². The fourth-order valence-electron chi connectivity index (χ4n) is 0.924. The van der Waals surface area contributed by atoms with Gasteiger partial charge in [0, 0.05) is 6.61 Å². The third-order valence-electron chi connectivity index (χ3n) is 1.35. The first-order valence-corrected chi connectivity index (χ1v) is 3.88. The summed E-state index contributed by atoms with van der Waals surface area (Å²) in [5.74, 6) is 0. The van der Waals surface area contributed by atoms with Crippen LogP contribution in [0.3, 0.4) is 0 Å². The van der Waals surface area contributed by atoms with Crippen LogP contribution in [0.4, 0.5) is 13.2 Å². The van der Waals surface area contributed by atoms with Crippen molar-refractivity contribution < 1.29 is 17.9 Å². The first-order chi connectivity index (χ1) is 5.49. The molecule has 5 heteroatoms. The Balaban J connectivity index is 3.77. The maximum absolute atomic E-state index is 11.8. The lowest BCUT2D eigenvalue weighted by molar-refractivity contribution is -0.160. The van der Waals surface area contributed by atoms with Crippen LogP contribution in [0.1, 0.15) is 19.8 Å². The molecule has 0 aromatic carbocycles. The number of halogens is 3. The number of hydrogen-bond acceptors (Lipinski definition) is 2. The minimum atomic E-state index is -4.16. The highest BCUT2D eigenvalue weighted by Gasteiger charge is 2.31. The van der Waals surface area contributed by atoms with E-state index < -0.39 is 18.7 Å². The summed E-state index contributed by atoms with van der Waals surface area (Å²) < 4.78 is 40.4. The van der Waals surface area contributed by atoms with Crippen LogP contribution in [0.15, 0.2) is 0 Å². The van der Waals surface area contributed by atoms with Gasteiger partial charge in [-0.05, 0) is 19.9 Å². The number of nitrogens with two attached hydrogens (primary N) is 1. The van der Waals surface area contributed by atoms with Crippen molar-refractivity contribution in [2.24, 2.45) is 5.73 Å². The third kappa shape index (κ3) is 6.42. The van der Waals surface area contributed by atoms with Crippen molar-refractivity contribution in [2.45, 2.75) is 32.0 Å². The summed E-state index contributed by atoms with van der Waals surface area (Å²) in [5.41, 5.74) is 5.13. The number of alkyl halides is 3. The topological polar surface area (TPSA) is 35.2 Å². The summed E-state index contributed by atoms with van der Waals surface area (Å²) in [6.45, 7) is 2.18. The smallest absolute Gasteiger partial charge is 0.378 e. The fourth-order valence-corrected chi connectivity index (χ4v) is 0.924. The molecule has 0 saturated heterocycles. The molecule has 1 unspecified atom stereocenters. The van der Waals surface area contributed by atoms with Crippen molar-refractivity contribution in [3.8, 4) is 0 Å². The molecule has 0 aliphatic carbocycles. The second kappa shape index (κ2) is 5.37. The molecule has 0 aromatic heterocycles. The molecule has 0 spiro atoms. The zero-order chi connectivity index (χ0) is 9.61. The van der Waals surface area contributed by atoms with Gasteiger partial charge in [0.15, 0.2) is 0 Å². The van der Waals surface area contributed by atoms with Crippen molar-refractivity contribution in [2.75, 3.05) is 13.2 Å². The Morgan fingerprint density at radius 3 is 2.33 bits per heavy atom. The monoisotopic (exact) mass is 185 g/mol. The molecule has 0 amide bonds. The Labute approximate surface area is 69.9 Å². The standard InChI is InChI=1S/C7H14F3NO/c1-2-12-6(3-4-11)5-7(8,9)10/h6H,2-5,11H2,1H3. The third-order valence-corrected chi connectivity index (χ3v) is 1.35. The lowest BCUT2D eigenvalue weighted by atomic mass is 10.2. The van der Waals surface area contributed by atoms with Gasteiger partial charge >= 0.3 is 6.18 Å². The van der Waals surface area contributed by atoms with Crippen molar-refractivity contribution in [3.05, 3.63) is 0 Å². The molecular formula is C7H14F3NO. The van der Waals surface area contributed by atoms with E-state index in [4.69, 9.17) is 10.5 Å². The highest BCUT2D eigenvalue weighted by atomic mass is 19.4. The molecule has 74 valence electrons. The van der Waals surface area contributed by atoms with E-state index in [9.17, 15) is 13.2 Å². The maximum Gasteiger partial charge on any atom is 0.391 e. The average molecular weight is 185 g/mol. The molecule has 0 heterocycles. The molecular weight excluding hydrogens is 171 g/mol. The van der Waals surface area contributed by atoms with E-state index in [0.717, 1.165) is 0 Å². The molecule has 1 atom stereocenters. The molecule has 0 bridgehead atoms. The molecule has 0 aromatic rings. The van der Waals surface area contributed by atoms with Crippen LogP contribution in [0.2, 0.25) is 0 Å². The summed E-state index contributed by atoms with van der Waals surface area (Å²) in [6, 6.07) is 0. The van der Waals surface area contributed by atoms with Crippen molar-refractivity contribution in [1.82, 2.24) is 0 Å². The van der Waals surface area contributed by atoms with Gasteiger partial charge in [-0.3, -0.25) is 0 Å². The lowest BCUT2D eigenvalue weighted by Crippen LogP contribution is -2.25. The van der Waals surface area contributed by atoms with E-state index in [1.807, 2.05) is 0 Å². The van der Waals surface area contributed by atoms with E-state index in [2.05, 4.69) is 0 Å². The van der Waals surface area contributed by atoms with E-state index in [1.54, 1.807) is 6.92 Å². The number of rotatable bonds is 5. The normalized spacial score (nSPS) is 14.8. The SMILES string of the molecule is CCOC(CCN)CC(F)(F)F. The van der Waals surface area contributed by atoms with Gasteiger partial charge < -0.3 is 10.5 Å². The van der Waals surface area contributed by atoms with E-state index >= 15 is 0 Å². The largest absolute Gasteiger partial charge is 0.391 e. The summed E-state index contributed by atoms with van der Waals surface area (Å²) in [4.78, 5) is 0. The van der Waals surface area contributed by atoms with Crippen LogP contribution in [0.5, 0.6) is 0 Å². The van der Waals surface area contributed by atoms with E-state index in [1.165, 1.54) is 0 Å². The highest BCUT2D eigenvalue weighted by molar-refractivity contribution is 4.64. The van der Waals surface area contributed by atoms with Crippen LogP contribution in [0, 0.1) is 0 Å². The van der Waals surface area contributed by atoms with Gasteiger partial charge in [-0.1, -0.05) is 0 Å². The van der Waals surface area contributed by atoms with E-state index in [0.29, 0.717) is 6.61 Å². The van der Waals surface area contributed by atoms with Crippen molar-refractivity contribution in [1.29, 1.82) is 0 Å². The molecule has 0 aliphatic rings. The summed E-state index contributed by atoms with van der Waals surface area (Å²) >= 11 is 0. The average Bonchev–Trinajstić information content (AvgIpc) is 1.84. The Bertz CT molecular complexity index is 110. The minimum Gasteiger partial charge on any atom is -0.378 e. The predicted octanol–water partition coefficient (Wildman–Crippen LogP) is 1.69. The Morgan fingerprint density at radius 1 is 1.42 bits per heavy atom. The summed E-state index contributed by atoms with van der Waals surface area (Å²) in [7, 11) is 0. The van der Waals surface area contributed by atoms with E-state index in [-0.39, 0.29) is 13.0 Å². The zero-order valence-corrected chi connectivity index (χ0v) is 7.03. The second-order valence-electron chi connectivity index (χ2n) is 2.47. The van der Waals surface area contributed by atoms with Crippen LogP contribution < -0.4 is 5.73 Å². The number of ether oxygens (including phenoxy) is 1. The molecule has 0 radical (unpaired) electrons. The Hall–Kier alpha value is -0.290. The Kier molecular flexibility index (Phi) is 5.24. The predicted molar refractivity (Wildman–Crippen MR) is 39.8 cm³/mol. The van der Waals surface area contributed by atoms with Crippen molar-refractivity contribution >= 4 is 0 Å². The quantitative estimate of drug-likeness (QED) is 0.707. The van der Waals surface area contributed by atoms with Crippen LogP contribution in [-0.2, 0) is 4.74 Å². The molecule has 0 fully saturated rings. The lowest BCUT2D eigenvalue weighted by Gasteiger charge is -2.17. The molecule has 2 nitrogen and oxygen atoms in total. The van der Waals surface area contributed by atoms with Gasteiger partial charge in [-0.2, -0.15) is 13.2 Å². The van der Waals surface area contributed by atoms with Gasteiger partial charge in [0.2, 0.25) is 0 Å². The fraction of sp³-hybridized carbons (Fsp3) is 1.00. The van der Waals surface area contributed by atoms with Gasteiger partial charge in [0.05, 0.1) is 12.5 Å². The van der Waals surface area contributed by atoms with Gasteiger partial charge in [0.1, 0.15) is 0 Å². The second-order valence-corrected chi connectivity index (χ2v) is 2.47. The number of hydrogen-bond donors (Lipinski definition) is 1. The van der Waals surface area contributed by atoms with Crippen LogP contribution in [0.25, 0.3) is 0 Å². The minimum absolute atomic E-state index is 0.223. The van der Waals surface area contributed by atoms with Crippen LogP contribution >= 0.6 is 0 Å². The molecule has 0 saturated carbocycles. The summed E-state index contributed by atoms with van der Waals surface area (Å²) in [6.07, 6.45) is -5.58. The molecule has 12 heavy (non-hydrogen) atoms.